The number of halogens is 3. The average Bonchev–Trinajstić information content (AvgIpc) is 2.88. The number of aromatic nitrogens is 2. The first-order valence-corrected chi connectivity index (χ1v) is 12.6. The van der Waals surface area contributed by atoms with Crippen LogP contribution in [0.3, 0.4) is 0 Å². The molecule has 2 aromatic carbocycles. The molecule has 0 radical (unpaired) electrons. The molecule has 10 heteroatoms. The smallest absolute Gasteiger partial charge is 0.419 e. The molecule has 0 fully saturated rings. The van der Waals surface area contributed by atoms with E-state index in [0.29, 0.717) is 36.1 Å². The van der Waals surface area contributed by atoms with Crippen molar-refractivity contribution in [3.8, 4) is 11.3 Å². The minimum Gasteiger partial charge on any atom is -0.443 e. The summed E-state index contributed by atoms with van der Waals surface area (Å²) in [4.78, 5) is 36.3. The maximum absolute atomic E-state index is 13.3. The molecule has 0 N–H and O–H groups in total. The zero-order valence-electron chi connectivity index (χ0n) is 22.6. The van der Waals surface area contributed by atoms with Crippen LogP contribution >= 0.6 is 0 Å². The van der Waals surface area contributed by atoms with Crippen molar-refractivity contribution in [3.05, 3.63) is 77.6 Å². The molecule has 0 saturated heterocycles. The molecule has 0 aliphatic heterocycles. The number of nitrogens with zero attached hydrogens (tertiary/aromatic N) is 3. The van der Waals surface area contributed by atoms with E-state index in [1.165, 1.54) is 24.5 Å². The van der Waals surface area contributed by atoms with Gasteiger partial charge >= 0.3 is 18.2 Å². The molecule has 0 spiro atoms. The molecule has 1 unspecified atom stereocenters. The fraction of sp³-hybridized carbons (Fsp3) is 0.379. The fourth-order valence-electron chi connectivity index (χ4n) is 3.80. The Morgan fingerprint density at radius 3 is 2.15 bits per heavy atom. The number of rotatable bonds is 8. The third-order valence-corrected chi connectivity index (χ3v) is 5.67. The molecule has 3 rings (SSSR count). The highest BCUT2D eigenvalue weighted by molar-refractivity contribution is 5.92. The Morgan fingerprint density at radius 2 is 1.62 bits per heavy atom. The van der Waals surface area contributed by atoms with E-state index in [2.05, 4.69) is 9.97 Å². The molecule has 0 aliphatic carbocycles. The Labute approximate surface area is 226 Å². The van der Waals surface area contributed by atoms with Gasteiger partial charge in [-0.3, -0.25) is 4.98 Å². The van der Waals surface area contributed by atoms with Gasteiger partial charge in [-0.25, -0.2) is 19.5 Å². The normalized spacial score (nSPS) is 12.5. The first-order chi connectivity index (χ1) is 18.3. The Kier molecular flexibility index (Phi) is 9.32. The number of aryl methyl sites for hydroxylation is 1. The number of hydrogen-bond acceptors (Lipinski definition) is 6. The first kappa shape index (κ1) is 29.6. The molecule has 0 bridgehead atoms. The van der Waals surface area contributed by atoms with Gasteiger partial charge in [0.2, 0.25) is 0 Å². The van der Waals surface area contributed by atoms with Crippen molar-refractivity contribution in [2.75, 3.05) is 4.90 Å². The topological polar surface area (TPSA) is 81.6 Å². The average molecular weight is 544 g/mol. The fourth-order valence-corrected chi connectivity index (χ4v) is 3.80. The Balaban J connectivity index is 1.96. The van der Waals surface area contributed by atoms with Crippen LogP contribution in [0.25, 0.3) is 11.3 Å². The van der Waals surface area contributed by atoms with Crippen molar-refractivity contribution in [1.29, 1.82) is 0 Å². The highest BCUT2D eigenvalue weighted by Gasteiger charge is 2.34. The second-order valence-corrected chi connectivity index (χ2v) is 9.84. The Morgan fingerprint density at radius 1 is 0.949 bits per heavy atom. The summed E-state index contributed by atoms with van der Waals surface area (Å²) in [6.45, 7) is 8.94. The third-order valence-electron chi connectivity index (χ3n) is 5.67. The van der Waals surface area contributed by atoms with Gasteiger partial charge in [-0.1, -0.05) is 50.6 Å². The van der Waals surface area contributed by atoms with Gasteiger partial charge in [-0.05, 0) is 51.0 Å². The van der Waals surface area contributed by atoms with Crippen LogP contribution in [0, 0.1) is 0 Å². The number of ether oxygens (including phenoxy) is 2. The van der Waals surface area contributed by atoms with E-state index >= 15 is 0 Å². The number of carbonyl (C=O) groups is 2. The largest absolute Gasteiger partial charge is 0.443 e. The van der Waals surface area contributed by atoms with Gasteiger partial charge in [-0.2, -0.15) is 13.2 Å². The number of alkyl halides is 3. The van der Waals surface area contributed by atoms with Gasteiger partial charge in [0.25, 0.3) is 0 Å². The number of amides is 1. The standard InChI is InChI=1S/C29H32F3N3O4/c1-6-10-25(38-26(36)22-12-9-8-11-19(22)7-2)35(27(37)39-28(3,4)5)24-18-33-23(17-34-24)20-13-15-21(16-14-20)29(30,31)32/h8-9,11-18,25H,6-7,10H2,1-5H3. The minimum atomic E-state index is -4.45. The van der Waals surface area contributed by atoms with E-state index < -0.39 is 35.6 Å². The van der Waals surface area contributed by atoms with Crippen LogP contribution in [0.15, 0.2) is 60.9 Å². The van der Waals surface area contributed by atoms with Gasteiger partial charge in [0.15, 0.2) is 12.0 Å². The quantitative estimate of drug-likeness (QED) is 0.217. The molecule has 0 aliphatic rings. The van der Waals surface area contributed by atoms with Crippen molar-refractivity contribution in [3.63, 3.8) is 0 Å². The highest BCUT2D eigenvalue weighted by atomic mass is 19.4. The zero-order valence-corrected chi connectivity index (χ0v) is 22.6. The molecule has 1 heterocycles. The van der Waals surface area contributed by atoms with Gasteiger partial charge in [0.05, 0.1) is 29.2 Å². The maximum atomic E-state index is 13.3. The molecule has 1 aromatic heterocycles. The molecule has 1 amide bonds. The maximum Gasteiger partial charge on any atom is 0.419 e. The van der Waals surface area contributed by atoms with Crippen molar-refractivity contribution in [2.24, 2.45) is 0 Å². The SMILES string of the molecule is CCCC(OC(=O)c1ccccc1CC)N(C(=O)OC(C)(C)C)c1cnc(-c2ccc(C(F)(F)F)cc2)cn1. The lowest BCUT2D eigenvalue weighted by Crippen LogP contribution is -2.46. The highest BCUT2D eigenvalue weighted by Crippen LogP contribution is 2.31. The second kappa shape index (κ2) is 12.3. The molecular formula is C29H32F3N3O4. The number of anilines is 1. The van der Waals surface area contributed by atoms with Crippen LogP contribution in [-0.4, -0.2) is 33.9 Å². The number of benzene rings is 2. The van der Waals surface area contributed by atoms with Gasteiger partial charge in [0.1, 0.15) is 5.60 Å². The second-order valence-electron chi connectivity index (χ2n) is 9.84. The van der Waals surface area contributed by atoms with Crippen LogP contribution in [0.5, 0.6) is 0 Å². The summed E-state index contributed by atoms with van der Waals surface area (Å²) in [7, 11) is 0. The van der Waals surface area contributed by atoms with E-state index in [4.69, 9.17) is 9.47 Å². The van der Waals surface area contributed by atoms with Gasteiger partial charge in [0, 0.05) is 12.0 Å². The lowest BCUT2D eigenvalue weighted by atomic mass is 10.1. The van der Waals surface area contributed by atoms with Crippen molar-refractivity contribution < 1.29 is 32.2 Å². The third kappa shape index (κ3) is 7.78. The predicted octanol–water partition coefficient (Wildman–Crippen LogP) is 7.45. The summed E-state index contributed by atoms with van der Waals surface area (Å²) < 4.78 is 50.2. The predicted molar refractivity (Wildman–Crippen MR) is 141 cm³/mol. The number of esters is 1. The van der Waals surface area contributed by atoms with E-state index in [0.717, 1.165) is 22.6 Å². The van der Waals surface area contributed by atoms with Crippen LogP contribution in [0.2, 0.25) is 0 Å². The summed E-state index contributed by atoms with van der Waals surface area (Å²) in [5.74, 6) is -0.524. The lowest BCUT2D eigenvalue weighted by molar-refractivity contribution is -0.137. The van der Waals surface area contributed by atoms with E-state index in [1.54, 1.807) is 32.9 Å². The summed E-state index contributed by atoms with van der Waals surface area (Å²) in [5, 5.41) is 0. The van der Waals surface area contributed by atoms with E-state index in [9.17, 15) is 22.8 Å². The van der Waals surface area contributed by atoms with Crippen molar-refractivity contribution in [2.45, 2.75) is 71.9 Å². The first-order valence-electron chi connectivity index (χ1n) is 12.6. The molecular weight excluding hydrogens is 511 g/mol. The summed E-state index contributed by atoms with van der Waals surface area (Å²) in [6, 6.07) is 11.6. The van der Waals surface area contributed by atoms with Gasteiger partial charge < -0.3 is 9.47 Å². The molecule has 39 heavy (non-hydrogen) atoms. The zero-order chi connectivity index (χ0) is 28.8. The minimum absolute atomic E-state index is 0.0648. The van der Waals surface area contributed by atoms with Crippen molar-refractivity contribution >= 4 is 17.9 Å². The molecule has 1 atom stereocenters. The van der Waals surface area contributed by atoms with Crippen LogP contribution in [0.1, 0.15) is 68.9 Å². The summed E-state index contributed by atoms with van der Waals surface area (Å²) in [5.41, 5.74) is 0.298. The molecule has 208 valence electrons. The number of hydrogen-bond donors (Lipinski definition) is 0. The molecule has 7 nitrogen and oxygen atoms in total. The monoisotopic (exact) mass is 543 g/mol. The Bertz CT molecular complexity index is 1270. The van der Waals surface area contributed by atoms with E-state index in [1.807, 2.05) is 26.0 Å². The Hall–Kier alpha value is -3.95. The lowest BCUT2D eigenvalue weighted by Gasteiger charge is -2.32. The summed E-state index contributed by atoms with van der Waals surface area (Å²) in [6.07, 6.45) is -2.16. The van der Waals surface area contributed by atoms with Crippen LogP contribution < -0.4 is 4.90 Å². The van der Waals surface area contributed by atoms with E-state index in [-0.39, 0.29) is 5.82 Å². The molecule has 3 aromatic rings. The van der Waals surface area contributed by atoms with Crippen LogP contribution in [-0.2, 0) is 22.1 Å². The number of carbonyl (C=O) groups excluding carboxylic acids is 2. The van der Waals surface area contributed by atoms with Crippen molar-refractivity contribution in [1.82, 2.24) is 9.97 Å². The van der Waals surface area contributed by atoms with Gasteiger partial charge in [-0.15, -0.1) is 0 Å². The molecule has 0 saturated carbocycles. The summed E-state index contributed by atoms with van der Waals surface area (Å²) >= 11 is 0. The van der Waals surface area contributed by atoms with Crippen LogP contribution in [0.4, 0.5) is 23.8 Å².